The molecule has 3 aromatic rings. The van der Waals surface area contributed by atoms with Crippen molar-refractivity contribution < 1.29 is 19.0 Å². The van der Waals surface area contributed by atoms with Gasteiger partial charge in [0.2, 0.25) is 11.7 Å². The molecule has 3 rings (SSSR count). The highest BCUT2D eigenvalue weighted by Crippen LogP contribution is 2.38. The van der Waals surface area contributed by atoms with E-state index in [9.17, 15) is 4.79 Å². The largest absolute Gasteiger partial charge is 0.493 e. The number of hydrogen-bond donors (Lipinski definition) is 1. The Morgan fingerprint density at radius 2 is 1.73 bits per heavy atom. The van der Waals surface area contributed by atoms with Crippen molar-refractivity contribution in [3.05, 3.63) is 70.8 Å². The second kappa shape index (κ2) is 9.54. The standard InChI is InChI=1S/C22H24ClN3O4/c1-26-10-9-24-22(26)20(15-5-7-16(23)8-6-15)25-19(27)13-14-11-17(28-2)21(30-4)18(12-14)29-3/h5-12,20H,13H2,1-4H3,(H,25,27)/t20-/m1/s1. The molecule has 0 unspecified atom stereocenters. The Morgan fingerprint density at radius 3 is 2.23 bits per heavy atom. The molecule has 0 aliphatic heterocycles. The molecule has 1 amide bonds. The SMILES string of the molecule is COc1cc(CC(=O)N[C@H](c2ccc(Cl)cc2)c2nccn2C)cc(OC)c1OC. The summed E-state index contributed by atoms with van der Waals surface area (Å²) in [5, 5.41) is 3.70. The second-order valence-electron chi connectivity index (χ2n) is 6.66. The molecule has 0 radical (unpaired) electrons. The molecule has 1 aromatic heterocycles. The Balaban J connectivity index is 1.86. The predicted octanol–water partition coefficient (Wildman–Crippen LogP) is 3.55. The van der Waals surface area contributed by atoms with E-state index in [1.807, 2.05) is 29.9 Å². The minimum atomic E-state index is -0.420. The van der Waals surface area contributed by atoms with Crippen molar-refractivity contribution in [1.29, 1.82) is 0 Å². The number of aromatic nitrogens is 2. The summed E-state index contributed by atoms with van der Waals surface area (Å²) < 4.78 is 18.0. The van der Waals surface area contributed by atoms with Gasteiger partial charge in [0, 0.05) is 24.5 Å². The zero-order valence-electron chi connectivity index (χ0n) is 17.3. The number of imidazole rings is 1. The van der Waals surface area contributed by atoms with E-state index < -0.39 is 6.04 Å². The number of rotatable bonds is 8. The van der Waals surface area contributed by atoms with Gasteiger partial charge in [-0.25, -0.2) is 4.98 Å². The molecule has 1 N–H and O–H groups in total. The summed E-state index contributed by atoms with van der Waals surface area (Å²) >= 11 is 6.03. The van der Waals surface area contributed by atoms with Crippen LogP contribution in [0.25, 0.3) is 0 Å². The summed E-state index contributed by atoms with van der Waals surface area (Å²) in [5.41, 5.74) is 1.61. The minimum absolute atomic E-state index is 0.130. The van der Waals surface area contributed by atoms with E-state index in [1.54, 1.807) is 44.7 Å². The smallest absolute Gasteiger partial charge is 0.225 e. The molecule has 0 fully saturated rings. The summed E-state index contributed by atoms with van der Waals surface area (Å²) in [6.45, 7) is 0. The monoisotopic (exact) mass is 429 g/mol. The van der Waals surface area contributed by atoms with Gasteiger partial charge in [-0.3, -0.25) is 4.79 Å². The van der Waals surface area contributed by atoms with Gasteiger partial charge in [0.15, 0.2) is 11.5 Å². The van der Waals surface area contributed by atoms with Gasteiger partial charge >= 0.3 is 0 Å². The average molecular weight is 430 g/mol. The highest BCUT2D eigenvalue weighted by Gasteiger charge is 2.22. The van der Waals surface area contributed by atoms with Crippen molar-refractivity contribution in [3.8, 4) is 17.2 Å². The van der Waals surface area contributed by atoms with E-state index in [-0.39, 0.29) is 12.3 Å². The van der Waals surface area contributed by atoms with E-state index in [2.05, 4.69) is 10.3 Å². The summed E-state index contributed by atoms with van der Waals surface area (Å²) in [5.74, 6) is 2.02. The summed E-state index contributed by atoms with van der Waals surface area (Å²) in [6.07, 6.45) is 3.67. The number of aryl methyl sites for hydroxylation is 1. The van der Waals surface area contributed by atoms with Crippen LogP contribution in [0.3, 0.4) is 0 Å². The van der Waals surface area contributed by atoms with Gasteiger partial charge < -0.3 is 24.1 Å². The maximum absolute atomic E-state index is 12.9. The lowest BCUT2D eigenvalue weighted by Crippen LogP contribution is -2.32. The lowest BCUT2D eigenvalue weighted by molar-refractivity contribution is -0.121. The van der Waals surface area contributed by atoms with E-state index >= 15 is 0 Å². The van der Waals surface area contributed by atoms with Gasteiger partial charge in [-0.05, 0) is 35.4 Å². The van der Waals surface area contributed by atoms with Crippen molar-refractivity contribution in [2.45, 2.75) is 12.5 Å². The fraction of sp³-hybridized carbons (Fsp3) is 0.273. The topological polar surface area (TPSA) is 74.6 Å². The molecule has 0 bridgehead atoms. The highest BCUT2D eigenvalue weighted by molar-refractivity contribution is 6.30. The molecule has 1 heterocycles. The van der Waals surface area contributed by atoms with Crippen LogP contribution in [0, 0.1) is 0 Å². The van der Waals surface area contributed by atoms with Crippen LogP contribution in [-0.2, 0) is 18.3 Å². The molecule has 2 aromatic carbocycles. The van der Waals surface area contributed by atoms with Crippen LogP contribution in [0.2, 0.25) is 5.02 Å². The quantitative estimate of drug-likeness (QED) is 0.592. The number of nitrogens with zero attached hydrogens (tertiary/aromatic N) is 2. The molecule has 158 valence electrons. The van der Waals surface area contributed by atoms with E-state index in [1.165, 1.54) is 7.11 Å². The first-order valence-corrected chi connectivity index (χ1v) is 9.65. The van der Waals surface area contributed by atoms with Gasteiger partial charge in [0.1, 0.15) is 11.9 Å². The maximum Gasteiger partial charge on any atom is 0.225 e. The van der Waals surface area contributed by atoms with Crippen LogP contribution < -0.4 is 19.5 Å². The number of carbonyl (C=O) groups is 1. The molecule has 0 aliphatic rings. The van der Waals surface area contributed by atoms with Crippen LogP contribution in [0.5, 0.6) is 17.2 Å². The Kier molecular flexibility index (Phi) is 6.84. The predicted molar refractivity (Wildman–Crippen MR) is 114 cm³/mol. The minimum Gasteiger partial charge on any atom is -0.493 e. The molecule has 30 heavy (non-hydrogen) atoms. The normalized spacial score (nSPS) is 11.6. The number of benzene rings is 2. The molecule has 1 atom stereocenters. The Hall–Kier alpha value is -3.19. The van der Waals surface area contributed by atoms with Gasteiger partial charge in [0.05, 0.1) is 27.8 Å². The summed E-state index contributed by atoms with van der Waals surface area (Å²) in [6, 6.07) is 10.4. The van der Waals surface area contributed by atoms with Crippen molar-refractivity contribution in [2.24, 2.45) is 7.05 Å². The number of hydrogen-bond acceptors (Lipinski definition) is 5. The van der Waals surface area contributed by atoms with Gasteiger partial charge in [-0.15, -0.1) is 0 Å². The first kappa shape index (κ1) is 21.5. The Labute approximate surface area is 180 Å². The van der Waals surface area contributed by atoms with Crippen molar-refractivity contribution in [1.82, 2.24) is 14.9 Å². The number of halogens is 1. The van der Waals surface area contributed by atoms with Crippen molar-refractivity contribution in [3.63, 3.8) is 0 Å². The molecule has 0 aliphatic carbocycles. The molecule has 0 saturated carbocycles. The number of amides is 1. The molecular formula is C22H24ClN3O4. The third-order valence-corrected chi connectivity index (χ3v) is 4.97. The Morgan fingerprint density at radius 1 is 1.10 bits per heavy atom. The molecule has 0 saturated heterocycles. The van der Waals surface area contributed by atoms with Crippen molar-refractivity contribution in [2.75, 3.05) is 21.3 Å². The number of carbonyl (C=O) groups excluding carboxylic acids is 1. The van der Waals surface area contributed by atoms with E-state index in [4.69, 9.17) is 25.8 Å². The highest BCUT2D eigenvalue weighted by atomic mass is 35.5. The number of methoxy groups -OCH3 is 3. The fourth-order valence-corrected chi connectivity index (χ4v) is 3.37. The average Bonchev–Trinajstić information content (AvgIpc) is 3.17. The zero-order valence-corrected chi connectivity index (χ0v) is 18.1. The molecule has 0 spiro atoms. The first-order chi connectivity index (χ1) is 14.5. The third kappa shape index (κ3) is 4.68. The Bertz CT molecular complexity index is 992. The fourth-order valence-electron chi connectivity index (χ4n) is 3.24. The third-order valence-electron chi connectivity index (χ3n) is 4.71. The molecule has 8 heteroatoms. The first-order valence-electron chi connectivity index (χ1n) is 9.27. The molecule has 7 nitrogen and oxygen atoms in total. The lowest BCUT2D eigenvalue weighted by Gasteiger charge is -2.20. The van der Waals surface area contributed by atoms with E-state index in [0.29, 0.717) is 22.3 Å². The van der Waals surface area contributed by atoms with Gasteiger partial charge in [0.25, 0.3) is 0 Å². The summed E-state index contributed by atoms with van der Waals surface area (Å²) in [7, 11) is 6.50. The maximum atomic E-state index is 12.9. The van der Waals surface area contributed by atoms with Crippen LogP contribution in [0.1, 0.15) is 23.0 Å². The molecular weight excluding hydrogens is 406 g/mol. The van der Waals surface area contributed by atoms with E-state index in [0.717, 1.165) is 17.0 Å². The van der Waals surface area contributed by atoms with Crippen LogP contribution in [0.15, 0.2) is 48.8 Å². The second-order valence-corrected chi connectivity index (χ2v) is 7.10. The number of ether oxygens (including phenoxy) is 3. The zero-order chi connectivity index (χ0) is 21.7. The lowest BCUT2D eigenvalue weighted by atomic mass is 10.0. The van der Waals surface area contributed by atoms with Crippen molar-refractivity contribution >= 4 is 17.5 Å². The van der Waals surface area contributed by atoms with Crippen LogP contribution in [-0.4, -0.2) is 36.8 Å². The summed E-state index contributed by atoms with van der Waals surface area (Å²) in [4.78, 5) is 17.3. The van der Waals surface area contributed by atoms with Crippen LogP contribution in [0.4, 0.5) is 0 Å². The number of nitrogens with one attached hydrogen (secondary N) is 1. The van der Waals surface area contributed by atoms with Gasteiger partial charge in [-0.1, -0.05) is 23.7 Å². The van der Waals surface area contributed by atoms with Crippen LogP contribution >= 0.6 is 11.6 Å². The van der Waals surface area contributed by atoms with Gasteiger partial charge in [-0.2, -0.15) is 0 Å².